The number of amides is 1. The van der Waals surface area contributed by atoms with Crippen LogP contribution in [0.1, 0.15) is 48.4 Å². The fraction of sp³-hybridized carbons (Fsp3) is 0.500. The van der Waals surface area contributed by atoms with Crippen LogP contribution in [0.5, 0.6) is 5.75 Å². The number of hydrogen-bond donors (Lipinski definition) is 1. The number of ether oxygens (including phenoxy) is 1. The third-order valence-corrected chi connectivity index (χ3v) is 6.94. The monoisotopic (exact) mass is 441 g/mol. The average molecular weight is 441 g/mol. The van der Waals surface area contributed by atoms with Gasteiger partial charge in [-0.15, -0.1) is 0 Å². The molecule has 6 rings (SSSR count). The van der Waals surface area contributed by atoms with Gasteiger partial charge in [0.1, 0.15) is 12.4 Å². The molecule has 2 aromatic rings. The smallest absolute Gasteiger partial charge is 0.287 e. The van der Waals surface area contributed by atoms with Crippen LogP contribution in [0.4, 0.5) is 22.0 Å². The number of carbonyl (C=O) groups is 1. The van der Waals surface area contributed by atoms with Gasteiger partial charge in [-0.3, -0.25) is 4.79 Å². The van der Waals surface area contributed by atoms with E-state index < -0.39 is 41.4 Å². The third-order valence-electron chi connectivity index (χ3n) is 6.94. The molecule has 0 unspecified atom stereocenters. The maximum absolute atomic E-state index is 13.7. The Bertz CT molecular complexity index is 979. The minimum Gasteiger partial charge on any atom is -0.479 e. The lowest BCUT2D eigenvalue weighted by Crippen LogP contribution is -2.55. The number of furan rings is 1. The van der Waals surface area contributed by atoms with Gasteiger partial charge < -0.3 is 14.5 Å². The zero-order chi connectivity index (χ0) is 21.9. The van der Waals surface area contributed by atoms with Crippen LogP contribution in [0.2, 0.25) is 0 Å². The van der Waals surface area contributed by atoms with Crippen molar-refractivity contribution in [3.05, 3.63) is 52.7 Å². The fourth-order valence-electron chi connectivity index (χ4n) is 5.82. The van der Waals surface area contributed by atoms with Crippen LogP contribution < -0.4 is 10.1 Å². The highest BCUT2D eigenvalue weighted by Crippen LogP contribution is 2.53. The molecule has 0 saturated heterocycles. The molecule has 4 nitrogen and oxygen atoms in total. The van der Waals surface area contributed by atoms with Crippen molar-refractivity contribution in [2.24, 2.45) is 23.7 Å². The van der Waals surface area contributed by atoms with Gasteiger partial charge >= 0.3 is 0 Å². The highest BCUT2D eigenvalue weighted by atomic mass is 19.2. The lowest BCUT2D eigenvalue weighted by Gasteiger charge is -2.54. The van der Waals surface area contributed by atoms with Gasteiger partial charge in [0.2, 0.25) is 29.1 Å². The van der Waals surface area contributed by atoms with E-state index in [4.69, 9.17) is 9.15 Å². The molecule has 1 N–H and O–H groups in total. The Morgan fingerprint density at radius 2 is 1.42 bits per heavy atom. The number of benzene rings is 1. The minimum absolute atomic E-state index is 0.00446. The van der Waals surface area contributed by atoms with Gasteiger partial charge in [-0.05, 0) is 67.9 Å². The van der Waals surface area contributed by atoms with E-state index >= 15 is 0 Å². The van der Waals surface area contributed by atoms with E-state index in [2.05, 4.69) is 5.32 Å². The van der Waals surface area contributed by atoms with Crippen LogP contribution in [-0.2, 0) is 6.61 Å². The molecule has 0 aliphatic heterocycles. The summed E-state index contributed by atoms with van der Waals surface area (Å²) in [5.74, 6) is -9.85. The summed E-state index contributed by atoms with van der Waals surface area (Å²) in [6, 6.07) is 2.86. The molecule has 1 aromatic carbocycles. The molecule has 9 heteroatoms. The molecule has 4 aliphatic rings. The number of hydrogen-bond acceptors (Lipinski definition) is 3. The molecule has 1 heterocycles. The molecular weight excluding hydrogens is 421 g/mol. The number of nitrogens with one attached hydrogen (secondary N) is 1. The molecule has 4 fully saturated rings. The molecule has 166 valence electrons. The van der Waals surface area contributed by atoms with E-state index in [0.717, 1.165) is 37.5 Å². The molecule has 4 bridgehead atoms. The van der Waals surface area contributed by atoms with Crippen molar-refractivity contribution in [2.45, 2.75) is 44.8 Å². The van der Waals surface area contributed by atoms with Crippen molar-refractivity contribution in [1.29, 1.82) is 0 Å². The Balaban J connectivity index is 1.24. The van der Waals surface area contributed by atoms with Crippen molar-refractivity contribution in [1.82, 2.24) is 5.32 Å². The summed E-state index contributed by atoms with van der Waals surface area (Å²) in [5, 5.41) is 3.07. The summed E-state index contributed by atoms with van der Waals surface area (Å²) in [6.07, 6.45) is 5.85. The Morgan fingerprint density at radius 1 is 0.871 bits per heavy atom. The quantitative estimate of drug-likeness (QED) is 0.399. The summed E-state index contributed by atoms with van der Waals surface area (Å²) in [6.45, 7) is -0.607. The van der Waals surface area contributed by atoms with Gasteiger partial charge in [-0.2, -0.15) is 8.78 Å². The van der Waals surface area contributed by atoms with Gasteiger partial charge in [0.25, 0.3) is 5.91 Å². The van der Waals surface area contributed by atoms with Crippen molar-refractivity contribution in [3.63, 3.8) is 0 Å². The number of carbonyl (C=O) groups excluding carboxylic acids is 1. The lowest BCUT2D eigenvalue weighted by molar-refractivity contribution is -0.0123. The van der Waals surface area contributed by atoms with Crippen LogP contribution in [0.3, 0.4) is 0 Å². The summed E-state index contributed by atoms with van der Waals surface area (Å²) in [7, 11) is 0. The van der Waals surface area contributed by atoms with Crippen molar-refractivity contribution < 1.29 is 35.9 Å². The second kappa shape index (κ2) is 7.53. The molecular formula is C22H20F5NO3. The first-order valence-electron chi connectivity index (χ1n) is 10.4. The van der Waals surface area contributed by atoms with E-state index in [0.29, 0.717) is 11.8 Å². The number of rotatable bonds is 5. The van der Waals surface area contributed by atoms with E-state index in [1.165, 1.54) is 18.6 Å². The van der Waals surface area contributed by atoms with Gasteiger partial charge in [0.15, 0.2) is 11.5 Å². The Kier molecular flexibility index (Phi) is 4.94. The molecule has 1 aromatic heterocycles. The van der Waals surface area contributed by atoms with Gasteiger partial charge in [-0.25, -0.2) is 13.2 Å². The zero-order valence-electron chi connectivity index (χ0n) is 16.4. The predicted molar refractivity (Wildman–Crippen MR) is 97.6 cm³/mol. The van der Waals surface area contributed by atoms with E-state index in [1.807, 2.05) is 0 Å². The summed E-state index contributed by atoms with van der Waals surface area (Å²) < 4.78 is 77.2. The molecule has 0 spiro atoms. The fourth-order valence-corrected chi connectivity index (χ4v) is 5.82. The van der Waals surface area contributed by atoms with E-state index in [-0.39, 0.29) is 23.5 Å². The summed E-state index contributed by atoms with van der Waals surface area (Å²) in [4.78, 5) is 12.7. The Labute approximate surface area is 174 Å². The first-order valence-corrected chi connectivity index (χ1v) is 10.4. The van der Waals surface area contributed by atoms with Gasteiger partial charge in [-0.1, -0.05) is 0 Å². The van der Waals surface area contributed by atoms with Crippen LogP contribution in [-0.4, -0.2) is 11.9 Å². The topological polar surface area (TPSA) is 51.5 Å². The zero-order valence-corrected chi connectivity index (χ0v) is 16.4. The molecule has 1 amide bonds. The standard InChI is InChI=1S/C22H20F5NO3/c23-15-16(24)18(26)21(19(27)17(15)25)30-8-13-1-2-14(31-13)22(29)28-20-11-4-9-3-10(6-11)7-12(20)5-9/h1-2,9-12,20H,3-8H2,(H,28,29). The maximum Gasteiger partial charge on any atom is 0.287 e. The normalized spacial score (nSPS) is 28.7. The van der Waals surface area contributed by atoms with Crippen molar-refractivity contribution in [2.75, 3.05) is 0 Å². The first kappa shape index (κ1) is 20.3. The lowest BCUT2D eigenvalue weighted by atomic mass is 9.54. The molecule has 0 atom stereocenters. The van der Waals surface area contributed by atoms with Crippen LogP contribution in [0.15, 0.2) is 16.5 Å². The Morgan fingerprint density at radius 3 is 2.00 bits per heavy atom. The second-order valence-corrected chi connectivity index (χ2v) is 8.88. The number of halogens is 5. The van der Waals surface area contributed by atoms with E-state index in [1.54, 1.807) is 0 Å². The minimum atomic E-state index is -2.26. The third kappa shape index (κ3) is 3.47. The van der Waals surface area contributed by atoms with Gasteiger partial charge in [0, 0.05) is 6.04 Å². The molecule has 31 heavy (non-hydrogen) atoms. The Hall–Kier alpha value is -2.58. The predicted octanol–water partition coefficient (Wildman–Crippen LogP) is 5.11. The van der Waals surface area contributed by atoms with Gasteiger partial charge in [0.05, 0.1) is 0 Å². The maximum atomic E-state index is 13.7. The molecule has 4 aliphatic carbocycles. The largest absolute Gasteiger partial charge is 0.479 e. The highest BCUT2D eigenvalue weighted by Gasteiger charge is 2.48. The van der Waals surface area contributed by atoms with Crippen LogP contribution in [0, 0.1) is 52.8 Å². The molecule has 4 saturated carbocycles. The average Bonchev–Trinajstić information content (AvgIpc) is 3.22. The van der Waals surface area contributed by atoms with Crippen molar-refractivity contribution >= 4 is 5.91 Å². The van der Waals surface area contributed by atoms with E-state index in [9.17, 15) is 26.7 Å². The summed E-state index contributed by atoms with van der Waals surface area (Å²) in [5.41, 5.74) is 0. The SMILES string of the molecule is O=C(NC1C2CC3CC(C2)CC1C3)c1ccc(COc2c(F)c(F)c(F)c(F)c2F)o1. The highest BCUT2D eigenvalue weighted by molar-refractivity contribution is 5.91. The van der Waals surface area contributed by atoms with Crippen molar-refractivity contribution in [3.8, 4) is 5.75 Å². The molecule has 0 radical (unpaired) electrons. The summed E-state index contributed by atoms with van der Waals surface area (Å²) >= 11 is 0. The second-order valence-electron chi connectivity index (χ2n) is 8.88. The van der Waals surface area contributed by atoms with Crippen LogP contribution in [0.25, 0.3) is 0 Å². The first-order chi connectivity index (χ1) is 14.8. The van der Waals surface area contributed by atoms with Crippen LogP contribution >= 0.6 is 0 Å².